The first-order chi connectivity index (χ1) is 7.36. The topological polar surface area (TPSA) is 66.9 Å². The van der Waals surface area contributed by atoms with Crippen LogP contribution in [0, 0.1) is 0 Å². The molecule has 1 aromatic rings. The lowest BCUT2D eigenvalue weighted by molar-refractivity contribution is -0.118. The Labute approximate surface area is 88.3 Å². The molecule has 80 valence electrons. The van der Waals surface area contributed by atoms with Gasteiger partial charge in [0.05, 0.1) is 24.1 Å². The highest BCUT2D eigenvalue weighted by molar-refractivity contribution is 5.94. The molecule has 1 aliphatic rings. The number of nitrogens with zero attached hydrogens (tertiary/aromatic N) is 2. The summed E-state index contributed by atoms with van der Waals surface area (Å²) < 4.78 is 0. The first-order valence-electron chi connectivity index (χ1n) is 5.15. The van der Waals surface area contributed by atoms with E-state index in [4.69, 9.17) is 0 Å². The minimum atomic E-state index is -0.0704. The third-order valence-electron chi connectivity index (χ3n) is 2.45. The fourth-order valence-electron chi connectivity index (χ4n) is 1.67. The molecule has 1 saturated heterocycles. The SMILES string of the molecule is O=C(Nc1cncnc1)C1CCCCN1. The van der Waals surface area contributed by atoms with E-state index in [0.29, 0.717) is 5.69 Å². The number of nitrogens with one attached hydrogen (secondary N) is 2. The fraction of sp³-hybridized carbons (Fsp3) is 0.500. The van der Waals surface area contributed by atoms with Crippen LogP contribution in [0.25, 0.3) is 0 Å². The van der Waals surface area contributed by atoms with Crippen molar-refractivity contribution in [3.8, 4) is 0 Å². The zero-order chi connectivity index (χ0) is 10.5. The molecule has 1 fully saturated rings. The zero-order valence-corrected chi connectivity index (χ0v) is 8.44. The summed E-state index contributed by atoms with van der Waals surface area (Å²) in [6.07, 6.45) is 7.78. The smallest absolute Gasteiger partial charge is 0.241 e. The van der Waals surface area contributed by atoms with Gasteiger partial charge in [0.25, 0.3) is 0 Å². The summed E-state index contributed by atoms with van der Waals surface area (Å²) in [4.78, 5) is 19.4. The molecule has 1 aliphatic heterocycles. The molecule has 15 heavy (non-hydrogen) atoms. The van der Waals surface area contributed by atoms with Crippen molar-refractivity contribution in [3.05, 3.63) is 18.7 Å². The number of hydrogen-bond acceptors (Lipinski definition) is 4. The van der Waals surface area contributed by atoms with Gasteiger partial charge in [-0.2, -0.15) is 0 Å². The summed E-state index contributed by atoms with van der Waals surface area (Å²) in [5.41, 5.74) is 0.648. The van der Waals surface area contributed by atoms with Gasteiger partial charge in [0, 0.05) is 0 Å². The van der Waals surface area contributed by atoms with Crippen LogP contribution in [0.2, 0.25) is 0 Å². The van der Waals surface area contributed by atoms with Gasteiger partial charge in [0.1, 0.15) is 6.33 Å². The highest BCUT2D eigenvalue weighted by Crippen LogP contribution is 2.09. The average Bonchev–Trinajstić information content (AvgIpc) is 2.31. The van der Waals surface area contributed by atoms with Gasteiger partial charge in [-0.15, -0.1) is 0 Å². The van der Waals surface area contributed by atoms with Crippen LogP contribution in [-0.2, 0) is 4.79 Å². The van der Waals surface area contributed by atoms with Gasteiger partial charge >= 0.3 is 0 Å². The van der Waals surface area contributed by atoms with E-state index in [1.54, 1.807) is 12.4 Å². The van der Waals surface area contributed by atoms with Crippen LogP contribution in [0.5, 0.6) is 0 Å². The first kappa shape index (κ1) is 10.0. The normalized spacial score (nSPS) is 20.9. The quantitative estimate of drug-likeness (QED) is 0.742. The fourth-order valence-corrected chi connectivity index (χ4v) is 1.67. The van der Waals surface area contributed by atoms with E-state index in [1.165, 1.54) is 6.33 Å². The molecule has 1 aromatic heterocycles. The monoisotopic (exact) mass is 206 g/mol. The highest BCUT2D eigenvalue weighted by atomic mass is 16.2. The van der Waals surface area contributed by atoms with E-state index in [2.05, 4.69) is 20.6 Å². The second kappa shape index (κ2) is 4.84. The molecular formula is C10H14N4O. The van der Waals surface area contributed by atoms with Crippen molar-refractivity contribution in [2.45, 2.75) is 25.3 Å². The number of piperidine rings is 1. The molecule has 2 N–H and O–H groups in total. The number of carbonyl (C=O) groups excluding carboxylic acids is 1. The standard InChI is InChI=1S/C10H14N4O/c15-10(9-3-1-2-4-13-9)14-8-5-11-7-12-6-8/h5-7,9,13H,1-4H2,(H,14,15). The van der Waals surface area contributed by atoms with Gasteiger partial charge in [-0.25, -0.2) is 9.97 Å². The average molecular weight is 206 g/mol. The van der Waals surface area contributed by atoms with Gasteiger partial charge in [0.15, 0.2) is 0 Å². The van der Waals surface area contributed by atoms with Crippen molar-refractivity contribution in [2.24, 2.45) is 0 Å². The molecular weight excluding hydrogens is 192 g/mol. The highest BCUT2D eigenvalue weighted by Gasteiger charge is 2.20. The molecule has 0 bridgehead atoms. The predicted molar refractivity (Wildman–Crippen MR) is 56.3 cm³/mol. The minimum absolute atomic E-state index is 0.00417. The Bertz CT molecular complexity index is 321. The molecule has 5 nitrogen and oxygen atoms in total. The van der Waals surface area contributed by atoms with E-state index in [-0.39, 0.29) is 11.9 Å². The Hall–Kier alpha value is -1.49. The maximum absolute atomic E-state index is 11.7. The molecule has 1 amide bonds. The number of hydrogen-bond donors (Lipinski definition) is 2. The van der Waals surface area contributed by atoms with Crippen LogP contribution < -0.4 is 10.6 Å². The number of carbonyl (C=O) groups is 1. The van der Waals surface area contributed by atoms with Gasteiger partial charge in [-0.1, -0.05) is 6.42 Å². The maximum atomic E-state index is 11.7. The summed E-state index contributed by atoms with van der Waals surface area (Å²) in [6, 6.07) is -0.0704. The third kappa shape index (κ3) is 2.73. The zero-order valence-electron chi connectivity index (χ0n) is 8.44. The van der Waals surface area contributed by atoms with E-state index in [1.807, 2.05) is 0 Å². The van der Waals surface area contributed by atoms with Crippen molar-refractivity contribution in [1.82, 2.24) is 15.3 Å². The summed E-state index contributed by atoms with van der Waals surface area (Å²) in [5, 5.41) is 5.97. The summed E-state index contributed by atoms with van der Waals surface area (Å²) in [6.45, 7) is 0.920. The first-order valence-corrected chi connectivity index (χ1v) is 5.15. The third-order valence-corrected chi connectivity index (χ3v) is 2.45. The van der Waals surface area contributed by atoms with Crippen LogP contribution in [0.4, 0.5) is 5.69 Å². The number of rotatable bonds is 2. The van der Waals surface area contributed by atoms with E-state index in [0.717, 1.165) is 25.8 Å². The van der Waals surface area contributed by atoms with Crippen molar-refractivity contribution in [3.63, 3.8) is 0 Å². The van der Waals surface area contributed by atoms with Gasteiger partial charge in [-0.05, 0) is 19.4 Å². The minimum Gasteiger partial charge on any atom is -0.322 e. The second-order valence-corrected chi connectivity index (χ2v) is 3.62. The van der Waals surface area contributed by atoms with E-state index >= 15 is 0 Å². The Balaban J connectivity index is 1.91. The molecule has 1 atom stereocenters. The summed E-state index contributed by atoms with van der Waals surface area (Å²) in [7, 11) is 0. The van der Waals surface area contributed by atoms with Gasteiger partial charge < -0.3 is 10.6 Å². The van der Waals surface area contributed by atoms with Gasteiger partial charge in [0.2, 0.25) is 5.91 Å². The van der Waals surface area contributed by atoms with Crippen LogP contribution >= 0.6 is 0 Å². The van der Waals surface area contributed by atoms with Crippen molar-refractivity contribution in [2.75, 3.05) is 11.9 Å². The Morgan fingerprint density at radius 2 is 2.20 bits per heavy atom. The molecule has 0 spiro atoms. The summed E-state index contributed by atoms with van der Waals surface area (Å²) in [5.74, 6) is 0.00417. The molecule has 1 unspecified atom stereocenters. The summed E-state index contributed by atoms with van der Waals surface area (Å²) >= 11 is 0. The van der Waals surface area contributed by atoms with Crippen LogP contribution in [0.1, 0.15) is 19.3 Å². The largest absolute Gasteiger partial charge is 0.322 e. The van der Waals surface area contributed by atoms with E-state index < -0.39 is 0 Å². The van der Waals surface area contributed by atoms with Crippen molar-refractivity contribution < 1.29 is 4.79 Å². The number of amides is 1. The second-order valence-electron chi connectivity index (χ2n) is 3.62. The number of aromatic nitrogens is 2. The lowest BCUT2D eigenvalue weighted by Gasteiger charge is -2.22. The molecule has 2 heterocycles. The predicted octanol–water partition coefficient (Wildman–Crippen LogP) is 0.557. The van der Waals surface area contributed by atoms with Crippen LogP contribution in [0.15, 0.2) is 18.7 Å². The van der Waals surface area contributed by atoms with Crippen LogP contribution in [-0.4, -0.2) is 28.5 Å². The Morgan fingerprint density at radius 3 is 2.87 bits per heavy atom. The molecule has 0 saturated carbocycles. The van der Waals surface area contributed by atoms with Crippen LogP contribution in [0.3, 0.4) is 0 Å². The lowest BCUT2D eigenvalue weighted by atomic mass is 10.0. The molecule has 0 radical (unpaired) electrons. The van der Waals surface area contributed by atoms with Gasteiger partial charge in [-0.3, -0.25) is 4.79 Å². The Morgan fingerprint density at radius 1 is 1.40 bits per heavy atom. The molecule has 0 aliphatic carbocycles. The van der Waals surface area contributed by atoms with E-state index in [9.17, 15) is 4.79 Å². The maximum Gasteiger partial charge on any atom is 0.241 e. The van der Waals surface area contributed by atoms with Crippen molar-refractivity contribution >= 4 is 11.6 Å². The molecule has 5 heteroatoms. The number of anilines is 1. The Kier molecular flexibility index (Phi) is 3.24. The molecule has 2 rings (SSSR count). The molecule has 0 aromatic carbocycles. The van der Waals surface area contributed by atoms with Crippen molar-refractivity contribution in [1.29, 1.82) is 0 Å². The lowest BCUT2D eigenvalue weighted by Crippen LogP contribution is -2.43.